The van der Waals surface area contributed by atoms with E-state index >= 15 is 0 Å². The maximum Gasteiger partial charge on any atom is 0.338 e. The molecule has 19 heavy (non-hydrogen) atoms. The molecule has 0 aliphatic heterocycles. The van der Waals surface area contributed by atoms with Crippen molar-refractivity contribution in [3.8, 4) is 0 Å². The zero-order valence-corrected chi connectivity index (χ0v) is 11.1. The predicted octanol–water partition coefficient (Wildman–Crippen LogP) is 1.52. The van der Waals surface area contributed by atoms with Gasteiger partial charge in [-0.3, -0.25) is 4.79 Å². The van der Waals surface area contributed by atoms with E-state index in [1.165, 1.54) is 6.07 Å². The molecule has 2 rings (SSSR count). The Morgan fingerprint density at radius 3 is 2.68 bits per heavy atom. The van der Waals surface area contributed by atoms with Crippen LogP contribution in [-0.2, 0) is 4.74 Å². The van der Waals surface area contributed by atoms with Gasteiger partial charge in [-0.05, 0) is 6.42 Å². The van der Waals surface area contributed by atoms with Crippen LogP contribution in [-0.4, -0.2) is 36.2 Å². The van der Waals surface area contributed by atoms with Gasteiger partial charge in [-0.1, -0.05) is 13.8 Å². The monoisotopic (exact) mass is 267 g/mol. The number of hydrogen-bond acceptors (Lipinski definition) is 4. The van der Waals surface area contributed by atoms with Crippen LogP contribution >= 0.6 is 0 Å². The number of carboxylic acids is 1. The Morgan fingerprint density at radius 2 is 2.21 bits per heavy atom. The second-order valence-electron chi connectivity index (χ2n) is 5.31. The molecule has 1 saturated carbocycles. The Bertz CT molecular complexity index is 505. The van der Waals surface area contributed by atoms with Gasteiger partial charge in [-0.2, -0.15) is 0 Å². The molecule has 1 amide bonds. The number of carbonyl (C=O) groups excluding carboxylic acids is 1. The number of nitrogens with one attached hydrogen (secondary N) is 1. The number of carbonyl (C=O) groups is 2. The number of rotatable bonds is 4. The molecule has 1 heterocycles. The average molecular weight is 267 g/mol. The molecular formula is C13H17NO5. The molecule has 0 aromatic carbocycles. The molecule has 104 valence electrons. The molecule has 0 spiro atoms. The maximum absolute atomic E-state index is 11.9. The van der Waals surface area contributed by atoms with Crippen molar-refractivity contribution in [1.82, 2.24) is 5.32 Å². The van der Waals surface area contributed by atoms with Crippen molar-refractivity contribution >= 4 is 11.9 Å². The predicted molar refractivity (Wildman–Crippen MR) is 66.1 cm³/mol. The molecule has 2 atom stereocenters. The summed E-state index contributed by atoms with van der Waals surface area (Å²) >= 11 is 0. The molecule has 1 aromatic heterocycles. The van der Waals surface area contributed by atoms with Crippen LogP contribution in [0.5, 0.6) is 0 Å². The standard InChI is InChI=1S/C13H17NO5/c1-13(2)9(5-10(13)18-3)14-11(15)8-4-7(6-19-8)12(16)17/h4,6,9-10H,5H2,1-3H3,(H,14,15)(H,16,17). The van der Waals surface area contributed by atoms with Gasteiger partial charge in [-0.25, -0.2) is 4.79 Å². The highest BCUT2D eigenvalue weighted by Gasteiger charge is 2.49. The van der Waals surface area contributed by atoms with E-state index in [-0.39, 0.29) is 28.9 Å². The fourth-order valence-electron chi connectivity index (χ4n) is 2.33. The van der Waals surface area contributed by atoms with Crippen molar-refractivity contribution in [2.45, 2.75) is 32.4 Å². The molecule has 1 aromatic rings. The molecule has 1 aliphatic rings. The molecule has 1 fully saturated rings. The molecule has 0 radical (unpaired) electrons. The average Bonchev–Trinajstić information content (AvgIpc) is 2.83. The van der Waals surface area contributed by atoms with Crippen LogP contribution in [0.15, 0.2) is 16.7 Å². The lowest BCUT2D eigenvalue weighted by Crippen LogP contribution is -2.61. The molecule has 6 heteroatoms. The summed E-state index contributed by atoms with van der Waals surface area (Å²) in [5, 5.41) is 11.6. The van der Waals surface area contributed by atoms with Gasteiger partial charge in [0.05, 0.1) is 11.7 Å². The van der Waals surface area contributed by atoms with E-state index in [0.717, 1.165) is 12.7 Å². The van der Waals surface area contributed by atoms with Crippen LogP contribution in [0.25, 0.3) is 0 Å². The first kappa shape index (κ1) is 13.6. The molecule has 0 bridgehead atoms. The van der Waals surface area contributed by atoms with Crippen LogP contribution in [0.3, 0.4) is 0 Å². The lowest BCUT2D eigenvalue weighted by molar-refractivity contribution is -0.0943. The number of carboxylic acid groups (broad SMARTS) is 1. The van der Waals surface area contributed by atoms with Gasteiger partial charge in [0.25, 0.3) is 5.91 Å². The molecule has 2 N–H and O–H groups in total. The number of aromatic carboxylic acids is 1. The molecule has 6 nitrogen and oxygen atoms in total. The fraction of sp³-hybridized carbons (Fsp3) is 0.538. The van der Waals surface area contributed by atoms with E-state index in [1.54, 1.807) is 7.11 Å². The van der Waals surface area contributed by atoms with Crippen molar-refractivity contribution in [1.29, 1.82) is 0 Å². The number of ether oxygens (including phenoxy) is 1. The SMILES string of the molecule is COC1CC(NC(=O)c2cc(C(=O)O)co2)C1(C)C. The minimum atomic E-state index is -1.12. The lowest BCUT2D eigenvalue weighted by atomic mass is 9.64. The number of hydrogen-bond donors (Lipinski definition) is 2. The van der Waals surface area contributed by atoms with Crippen LogP contribution in [0, 0.1) is 5.41 Å². The van der Waals surface area contributed by atoms with Crippen molar-refractivity contribution in [3.05, 3.63) is 23.7 Å². The zero-order valence-electron chi connectivity index (χ0n) is 11.1. The topological polar surface area (TPSA) is 88.8 Å². The van der Waals surface area contributed by atoms with Crippen molar-refractivity contribution in [2.75, 3.05) is 7.11 Å². The summed E-state index contributed by atoms with van der Waals surface area (Å²) in [4.78, 5) is 22.6. The van der Waals surface area contributed by atoms with Crippen LogP contribution in [0.1, 0.15) is 41.2 Å². The first-order valence-corrected chi connectivity index (χ1v) is 6.01. The summed E-state index contributed by atoms with van der Waals surface area (Å²) < 4.78 is 10.3. The second-order valence-corrected chi connectivity index (χ2v) is 5.31. The summed E-state index contributed by atoms with van der Waals surface area (Å²) in [5.41, 5.74) is -0.181. The smallest absolute Gasteiger partial charge is 0.338 e. The molecule has 1 aliphatic carbocycles. The van der Waals surface area contributed by atoms with Gasteiger partial charge >= 0.3 is 5.97 Å². The normalized spacial score (nSPS) is 24.6. The number of methoxy groups -OCH3 is 1. The third-order valence-electron chi connectivity index (χ3n) is 3.84. The lowest BCUT2D eigenvalue weighted by Gasteiger charge is -2.51. The highest BCUT2D eigenvalue weighted by molar-refractivity contribution is 5.95. The van der Waals surface area contributed by atoms with Crippen molar-refractivity contribution in [2.24, 2.45) is 5.41 Å². The van der Waals surface area contributed by atoms with Gasteiger partial charge in [0.1, 0.15) is 6.26 Å². The summed E-state index contributed by atoms with van der Waals surface area (Å²) in [5.74, 6) is -1.51. The van der Waals surface area contributed by atoms with E-state index < -0.39 is 11.9 Å². The Morgan fingerprint density at radius 1 is 1.53 bits per heavy atom. The van der Waals surface area contributed by atoms with E-state index in [9.17, 15) is 9.59 Å². The quantitative estimate of drug-likeness (QED) is 0.863. The summed E-state index contributed by atoms with van der Waals surface area (Å²) in [7, 11) is 1.65. The van der Waals surface area contributed by atoms with Gasteiger partial charge in [0, 0.05) is 24.6 Å². The highest BCUT2D eigenvalue weighted by atomic mass is 16.5. The molecular weight excluding hydrogens is 250 g/mol. The maximum atomic E-state index is 11.9. The zero-order chi connectivity index (χ0) is 14.2. The van der Waals surface area contributed by atoms with Gasteiger partial charge < -0.3 is 19.6 Å². The van der Waals surface area contributed by atoms with E-state index in [2.05, 4.69) is 5.32 Å². The second kappa shape index (κ2) is 4.70. The summed E-state index contributed by atoms with van der Waals surface area (Å²) in [6.07, 6.45) is 1.91. The fourth-order valence-corrected chi connectivity index (χ4v) is 2.33. The minimum Gasteiger partial charge on any atom is -0.478 e. The Labute approximate surface area is 110 Å². The third kappa shape index (κ3) is 2.35. The largest absolute Gasteiger partial charge is 0.478 e. The van der Waals surface area contributed by atoms with Crippen molar-refractivity contribution < 1.29 is 23.8 Å². The first-order chi connectivity index (χ1) is 8.86. The highest BCUT2D eigenvalue weighted by Crippen LogP contribution is 2.42. The minimum absolute atomic E-state index is 0.00840. The molecule has 0 saturated heterocycles. The van der Waals surface area contributed by atoms with Crippen LogP contribution in [0.2, 0.25) is 0 Å². The van der Waals surface area contributed by atoms with Gasteiger partial charge in [-0.15, -0.1) is 0 Å². The van der Waals surface area contributed by atoms with E-state index in [0.29, 0.717) is 0 Å². The first-order valence-electron chi connectivity index (χ1n) is 6.01. The number of furan rings is 1. The van der Waals surface area contributed by atoms with E-state index in [1.807, 2.05) is 13.8 Å². The molecule has 2 unspecified atom stereocenters. The summed E-state index contributed by atoms with van der Waals surface area (Å²) in [6, 6.07) is 1.21. The van der Waals surface area contributed by atoms with Crippen LogP contribution in [0.4, 0.5) is 0 Å². The Balaban J connectivity index is 2.00. The van der Waals surface area contributed by atoms with Gasteiger partial charge in [0.15, 0.2) is 5.76 Å². The van der Waals surface area contributed by atoms with E-state index in [4.69, 9.17) is 14.3 Å². The number of amides is 1. The third-order valence-corrected chi connectivity index (χ3v) is 3.84. The van der Waals surface area contributed by atoms with Gasteiger partial charge in [0.2, 0.25) is 0 Å². The van der Waals surface area contributed by atoms with Crippen LogP contribution < -0.4 is 5.32 Å². The Kier molecular flexibility index (Phi) is 3.36. The summed E-state index contributed by atoms with van der Waals surface area (Å²) in [6.45, 7) is 4.03. The van der Waals surface area contributed by atoms with Crippen molar-refractivity contribution in [3.63, 3.8) is 0 Å². The Hall–Kier alpha value is -1.82.